The van der Waals surface area contributed by atoms with Crippen molar-refractivity contribution in [3.63, 3.8) is 0 Å². The number of rotatable bonds is 16. The summed E-state index contributed by atoms with van der Waals surface area (Å²) in [7, 11) is 0. The maximum atomic E-state index is 13.1. The van der Waals surface area contributed by atoms with Gasteiger partial charge in [-0.25, -0.2) is 0 Å². The summed E-state index contributed by atoms with van der Waals surface area (Å²) in [6.45, 7) is 15.6. The molecule has 129 heavy (non-hydrogen) atoms. The first-order valence-corrected chi connectivity index (χ1v) is 46.1. The lowest BCUT2D eigenvalue weighted by atomic mass is 9.96. The van der Waals surface area contributed by atoms with Crippen LogP contribution < -0.4 is 0 Å². The van der Waals surface area contributed by atoms with Crippen LogP contribution in [0.1, 0.15) is 183 Å². The molecule has 18 rings (SSSR count). The Morgan fingerprint density at radius 1 is 0.341 bits per heavy atom. The van der Waals surface area contributed by atoms with Crippen molar-refractivity contribution in [3.8, 4) is 46.0 Å². The van der Waals surface area contributed by atoms with E-state index in [0.29, 0.717) is 173 Å². The number of fused-ring (bicyclic) bond motifs is 6. The maximum absolute atomic E-state index is 13.1. The number of halogens is 7. The number of furan rings is 5. The van der Waals surface area contributed by atoms with Gasteiger partial charge >= 0.3 is 0 Å². The van der Waals surface area contributed by atoms with Gasteiger partial charge in [0.25, 0.3) is 0 Å². The van der Waals surface area contributed by atoms with E-state index < -0.39 is 0 Å². The Bertz CT molecular complexity index is 7240. The lowest BCUT2D eigenvalue weighted by Crippen LogP contribution is -2.05. The number of benzene rings is 12. The largest absolute Gasteiger partial charge is 0.508 e. The van der Waals surface area contributed by atoms with Crippen LogP contribution in [-0.2, 0) is 25.7 Å². The summed E-state index contributed by atoms with van der Waals surface area (Å²) >= 11 is 21.5. The fourth-order valence-electron chi connectivity index (χ4n) is 14.8. The second kappa shape index (κ2) is 40.8. The summed E-state index contributed by atoms with van der Waals surface area (Å²) in [6.07, 6.45) is 2.61. The Labute approximate surface area is 803 Å². The zero-order valence-electron chi connectivity index (χ0n) is 70.1. The summed E-state index contributed by atoms with van der Waals surface area (Å²) in [6, 6.07) is 65.2. The average molecular weight is 2230 g/mol. The van der Waals surface area contributed by atoms with Crippen LogP contribution in [0.4, 0.5) is 0 Å². The Kier molecular flexibility index (Phi) is 30.0. The SMILES string of the molecule is CC(C)c1oc2ccccc2c1C(=O)c1cc(Br)c(O)c(Br)c1.CC1=C(C(=O)c2ccc(O)cc2)c2ccccc2C1.CCc1oc2cc(C)ccc2c1C(=O)c1cc(Br)c(O)c(Br)c1.CCc1oc2ccc(O)cc2c1C(=O)c1cc(Br)c(O)c(Br)c1.CCc1oc2ccc(O)cc2c1C(=O)c1ccc(O)cc1.Cc1oc2ccccc2c1C(=O)c1ccc(O)c(I)c1. The van der Waals surface area contributed by atoms with E-state index in [1.165, 1.54) is 48.0 Å². The minimum Gasteiger partial charge on any atom is -0.508 e. The van der Waals surface area contributed by atoms with Gasteiger partial charge in [-0.2, -0.15) is 0 Å². The van der Waals surface area contributed by atoms with Gasteiger partial charge in [0, 0.05) is 91.1 Å². The Hall–Kier alpha value is -11.9. The summed E-state index contributed by atoms with van der Waals surface area (Å²) in [5.74, 6) is 3.29. The van der Waals surface area contributed by atoms with Crippen molar-refractivity contribution < 1.29 is 91.7 Å². The van der Waals surface area contributed by atoms with E-state index in [4.69, 9.17) is 22.1 Å². The normalized spacial score (nSPS) is 11.4. The minimum atomic E-state index is -0.229. The fourth-order valence-corrected chi connectivity index (χ4v) is 18.9. The lowest BCUT2D eigenvalue weighted by molar-refractivity contribution is 0.102. The highest BCUT2D eigenvalue weighted by molar-refractivity contribution is 14.1. The highest BCUT2D eigenvalue weighted by atomic mass is 127. The van der Waals surface area contributed by atoms with Gasteiger partial charge in [0.2, 0.25) is 0 Å². The molecule has 654 valence electrons. The summed E-state index contributed by atoms with van der Waals surface area (Å²) in [5, 5.41) is 80.6. The molecule has 0 aliphatic heterocycles. The number of aryl methyl sites for hydroxylation is 5. The van der Waals surface area contributed by atoms with Crippen LogP contribution in [0, 0.1) is 17.4 Å². The molecule has 0 saturated carbocycles. The van der Waals surface area contributed by atoms with E-state index in [1.54, 1.807) is 104 Å². The number of aromatic hydroxyl groups is 8. The monoisotopic (exact) mass is 2220 g/mol. The lowest BCUT2D eigenvalue weighted by Gasteiger charge is -2.08. The van der Waals surface area contributed by atoms with Crippen LogP contribution in [0.2, 0.25) is 0 Å². The van der Waals surface area contributed by atoms with Crippen molar-refractivity contribution in [2.24, 2.45) is 0 Å². The molecule has 1 aliphatic carbocycles. The second-order valence-corrected chi connectivity index (χ2v) is 36.5. The van der Waals surface area contributed by atoms with Gasteiger partial charge in [-0.05, 0) is 320 Å². The summed E-state index contributed by atoms with van der Waals surface area (Å²) in [4.78, 5) is 77.0. The van der Waals surface area contributed by atoms with Gasteiger partial charge in [0.1, 0.15) is 103 Å². The predicted octanol–water partition coefficient (Wildman–Crippen LogP) is 28.5. The molecule has 19 nitrogen and oxygen atoms in total. The van der Waals surface area contributed by atoms with Crippen molar-refractivity contribution in [2.75, 3.05) is 0 Å². The number of carbonyl (C=O) groups excluding carboxylic acids is 6. The molecule has 12 aromatic carbocycles. The third kappa shape index (κ3) is 20.6. The fraction of sp³-hybridized carbons (Fsp3) is 0.126. The number of phenols is 8. The first kappa shape index (κ1) is 94.7. The first-order chi connectivity index (χ1) is 61.6. The standard InChI is InChI=1S/2C18H14Br2O3.C17H12Br2O4.C17H14O4.C17H14O2.C16H11IO3/c1-9(2)18-15(11-5-3-4-6-14(11)23-18)16(21)10-7-12(19)17(22)13(20)8-10;1-3-14-16(11-5-4-9(2)6-15(11)23-14)17(21)10-7-12(19)18(22)13(20)8-10;1-2-13-15(10-7-9(20)3-4-14(10)23-13)16(21)8-5-11(18)17(22)12(19)6-8;1-2-14-16(13-9-12(19)7-8-15(13)21-14)17(20)10-3-5-11(18)6-4-10;1-11-10-13-4-2-3-5-15(13)16(11)17(19)12-6-8-14(18)9-7-12;1-9-15(11-4-2-3-5-14(11)20-9)16(19)10-6-7-13(18)12(17)8-10/h3-9,22H,1-2H3;4-8,22H,3H2,1-2H3;3-7,20,22H,2H2,1H3;3-9,18-19H,2H2,1H3;2-9,18H,10H2,1H3;2-8,18H,1H3. The molecule has 1 aliphatic rings. The summed E-state index contributed by atoms with van der Waals surface area (Å²) < 4.78 is 32.2. The van der Waals surface area contributed by atoms with Crippen LogP contribution in [0.3, 0.4) is 0 Å². The molecule has 0 bridgehead atoms. The number of para-hydroxylation sites is 2. The molecular weight excluding hydrogens is 2150 g/mol. The van der Waals surface area contributed by atoms with Crippen molar-refractivity contribution in [1.82, 2.24) is 0 Å². The smallest absolute Gasteiger partial charge is 0.197 e. The van der Waals surface area contributed by atoms with Crippen LogP contribution in [0.25, 0.3) is 60.4 Å². The molecule has 0 amide bonds. The summed E-state index contributed by atoms with van der Waals surface area (Å²) in [5.41, 5.74) is 14.2. The van der Waals surface area contributed by atoms with Crippen LogP contribution in [-0.4, -0.2) is 75.6 Å². The van der Waals surface area contributed by atoms with Gasteiger partial charge in [0.05, 0.1) is 58.2 Å². The van der Waals surface area contributed by atoms with Crippen molar-refractivity contribution >= 4 is 213 Å². The van der Waals surface area contributed by atoms with E-state index in [-0.39, 0.29) is 86.6 Å². The van der Waals surface area contributed by atoms with Crippen LogP contribution >= 0.6 is 118 Å². The number of carbonyl (C=O) groups is 6. The number of Topliss-reactive ketones (excluding diaryl/α,β-unsaturated/α-hetero) is 1. The molecule has 5 aromatic heterocycles. The van der Waals surface area contributed by atoms with Crippen LogP contribution in [0.5, 0.6) is 46.0 Å². The molecule has 17 aromatic rings. The average Bonchev–Trinajstić information content (AvgIpc) is 1.65. The van der Waals surface area contributed by atoms with E-state index in [1.807, 2.05) is 156 Å². The third-order valence-electron chi connectivity index (χ3n) is 21.1. The topological polar surface area (TPSA) is 330 Å². The quantitative estimate of drug-likeness (QED) is 0.0329. The van der Waals surface area contributed by atoms with E-state index in [9.17, 15) is 69.6 Å². The van der Waals surface area contributed by atoms with E-state index in [0.717, 1.165) is 50.4 Å². The Morgan fingerprint density at radius 3 is 1.16 bits per heavy atom. The van der Waals surface area contributed by atoms with Gasteiger partial charge in [-0.1, -0.05) is 113 Å². The molecule has 5 heterocycles. The molecule has 0 fully saturated rings. The highest BCUT2D eigenvalue weighted by Crippen LogP contribution is 2.43. The Morgan fingerprint density at radius 2 is 0.705 bits per heavy atom. The predicted molar refractivity (Wildman–Crippen MR) is 528 cm³/mol. The third-order valence-corrected chi connectivity index (χ3v) is 25.6. The van der Waals surface area contributed by atoms with Gasteiger partial charge in [-0.3, -0.25) is 28.8 Å². The van der Waals surface area contributed by atoms with Crippen molar-refractivity contribution in [2.45, 2.75) is 87.0 Å². The number of hydrogen-bond donors (Lipinski definition) is 8. The molecular formula is C103H79Br6IO19. The zero-order chi connectivity index (χ0) is 92.8. The molecule has 0 atom stereocenters. The van der Waals surface area contributed by atoms with Gasteiger partial charge < -0.3 is 62.9 Å². The molecule has 0 unspecified atom stereocenters. The number of ketones is 6. The molecule has 0 spiro atoms. The van der Waals surface area contributed by atoms with Crippen molar-refractivity contribution in [1.29, 1.82) is 0 Å². The minimum absolute atomic E-state index is 0.0300. The molecule has 0 radical (unpaired) electrons. The van der Waals surface area contributed by atoms with E-state index in [2.05, 4.69) is 102 Å². The molecule has 8 N–H and O–H groups in total. The number of hydrogen-bond acceptors (Lipinski definition) is 19. The number of phenolic OH excluding ortho intramolecular Hbond substituents is 8. The Balaban J connectivity index is 0.000000132. The van der Waals surface area contributed by atoms with Crippen LogP contribution in [0.15, 0.2) is 285 Å². The first-order valence-electron chi connectivity index (χ1n) is 40.3. The van der Waals surface area contributed by atoms with Crippen molar-refractivity contribution in [3.05, 3.63) is 373 Å². The van der Waals surface area contributed by atoms with E-state index >= 15 is 0 Å². The molecule has 0 saturated heterocycles. The van der Waals surface area contributed by atoms with Gasteiger partial charge in [-0.15, -0.1) is 0 Å². The number of allylic oxidation sites excluding steroid dienone is 2. The maximum Gasteiger partial charge on any atom is 0.197 e. The zero-order valence-corrected chi connectivity index (χ0v) is 81.7. The molecule has 26 heteroatoms. The van der Waals surface area contributed by atoms with Gasteiger partial charge in [0.15, 0.2) is 34.7 Å². The second-order valence-electron chi connectivity index (χ2n) is 30.2. The highest BCUT2D eigenvalue weighted by Gasteiger charge is 2.31.